The van der Waals surface area contributed by atoms with Gasteiger partial charge < -0.3 is 20.3 Å². The molecule has 5 nitrogen and oxygen atoms in total. The normalized spacial score (nSPS) is 14.0. The molecule has 0 aliphatic carbocycles. The molecule has 1 aliphatic heterocycles. The molecule has 5 heteroatoms. The van der Waals surface area contributed by atoms with E-state index in [1.165, 1.54) is 24.9 Å². The minimum absolute atomic E-state index is 0.172. The molecule has 2 amide bonds. The van der Waals surface area contributed by atoms with Gasteiger partial charge in [-0.25, -0.2) is 4.79 Å². The Bertz CT molecular complexity index is 709. The molecule has 0 saturated carbocycles. The largest absolute Gasteiger partial charge is 0.497 e. The Morgan fingerprint density at radius 1 is 1.08 bits per heavy atom. The molecule has 0 atom stereocenters. The van der Waals surface area contributed by atoms with Gasteiger partial charge in [-0.05, 0) is 61.6 Å². The van der Waals surface area contributed by atoms with Gasteiger partial charge in [-0.3, -0.25) is 0 Å². The quantitative estimate of drug-likeness (QED) is 0.824. The van der Waals surface area contributed by atoms with Crippen LogP contribution in [-0.2, 0) is 6.42 Å². The number of hydrogen-bond donors (Lipinski definition) is 2. The first-order valence-corrected chi connectivity index (χ1v) is 9.27. The molecule has 0 unspecified atom stereocenters. The molecule has 138 valence electrons. The Morgan fingerprint density at radius 2 is 1.85 bits per heavy atom. The zero-order valence-electron chi connectivity index (χ0n) is 15.3. The molecule has 0 bridgehead atoms. The third-order valence-electron chi connectivity index (χ3n) is 4.68. The van der Waals surface area contributed by atoms with Crippen molar-refractivity contribution >= 4 is 17.4 Å². The SMILES string of the molecule is COc1ccc(CCNC(=O)Nc2cccc(N3CCCCC3)c2)cc1. The average Bonchev–Trinajstić information content (AvgIpc) is 2.69. The van der Waals surface area contributed by atoms with Crippen molar-refractivity contribution in [3.63, 3.8) is 0 Å². The smallest absolute Gasteiger partial charge is 0.319 e. The average molecular weight is 353 g/mol. The number of amides is 2. The number of hydrogen-bond acceptors (Lipinski definition) is 3. The zero-order chi connectivity index (χ0) is 18.2. The van der Waals surface area contributed by atoms with E-state index in [9.17, 15) is 4.79 Å². The standard InChI is InChI=1S/C21H27N3O2/c1-26-20-10-8-17(9-11-20)12-13-22-21(25)23-18-6-5-7-19(16-18)24-14-3-2-4-15-24/h5-11,16H,2-4,12-15H2,1H3,(H2,22,23,25). The number of carbonyl (C=O) groups is 1. The maximum atomic E-state index is 12.1. The molecule has 3 rings (SSSR count). The van der Waals surface area contributed by atoms with Crippen LogP contribution in [0.15, 0.2) is 48.5 Å². The summed E-state index contributed by atoms with van der Waals surface area (Å²) in [6, 6.07) is 15.8. The molecule has 2 aromatic carbocycles. The summed E-state index contributed by atoms with van der Waals surface area (Å²) in [4.78, 5) is 14.5. The Kier molecular flexibility index (Phi) is 6.36. The Balaban J connectivity index is 1.46. The molecule has 0 aromatic heterocycles. The van der Waals surface area contributed by atoms with Crippen molar-refractivity contribution in [3.05, 3.63) is 54.1 Å². The van der Waals surface area contributed by atoms with Gasteiger partial charge >= 0.3 is 6.03 Å². The van der Waals surface area contributed by atoms with Crippen molar-refractivity contribution < 1.29 is 9.53 Å². The number of nitrogens with zero attached hydrogens (tertiary/aromatic N) is 1. The van der Waals surface area contributed by atoms with E-state index in [-0.39, 0.29) is 6.03 Å². The van der Waals surface area contributed by atoms with Gasteiger partial charge in [-0.2, -0.15) is 0 Å². The summed E-state index contributed by atoms with van der Waals surface area (Å²) in [6.45, 7) is 2.78. The van der Waals surface area contributed by atoms with E-state index in [4.69, 9.17) is 4.74 Å². The second kappa shape index (κ2) is 9.13. The highest BCUT2D eigenvalue weighted by atomic mass is 16.5. The molecule has 0 spiro atoms. The van der Waals surface area contributed by atoms with Gasteiger partial charge in [0.05, 0.1) is 7.11 Å². The Labute approximate surface area is 155 Å². The van der Waals surface area contributed by atoms with E-state index in [0.717, 1.165) is 36.5 Å². The number of carbonyl (C=O) groups excluding carboxylic acids is 1. The fourth-order valence-corrected chi connectivity index (χ4v) is 3.22. The van der Waals surface area contributed by atoms with Crippen LogP contribution in [0.25, 0.3) is 0 Å². The molecular weight excluding hydrogens is 326 g/mol. The summed E-state index contributed by atoms with van der Waals surface area (Å²) in [5.74, 6) is 0.841. The molecule has 0 radical (unpaired) electrons. The van der Waals surface area contributed by atoms with E-state index < -0.39 is 0 Å². The number of rotatable bonds is 6. The fourth-order valence-electron chi connectivity index (χ4n) is 3.22. The van der Waals surface area contributed by atoms with Crippen LogP contribution < -0.4 is 20.3 Å². The molecular formula is C21H27N3O2. The van der Waals surface area contributed by atoms with Gasteiger partial charge in [0.2, 0.25) is 0 Å². The number of methoxy groups -OCH3 is 1. The van der Waals surface area contributed by atoms with Crippen molar-refractivity contribution in [1.82, 2.24) is 5.32 Å². The van der Waals surface area contributed by atoms with Crippen molar-refractivity contribution in [3.8, 4) is 5.75 Å². The van der Waals surface area contributed by atoms with Crippen molar-refractivity contribution in [2.75, 3.05) is 37.0 Å². The van der Waals surface area contributed by atoms with E-state index in [2.05, 4.69) is 21.6 Å². The van der Waals surface area contributed by atoms with Crippen LogP contribution >= 0.6 is 0 Å². The number of nitrogens with one attached hydrogen (secondary N) is 2. The van der Waals surface area contributed by atoms with Crippen LogP contribution in [0.4, 0.5) is 16.2 Å². The van der Waals surface area contributed by atoms with Gasteiger partial charge in [0.15, 0.2) is 0 Å². The summed E-state index contributed by atoms with van der Waals surface area (Å²) >= 11 is 0. The minimum atomic E-state index is -0.172. The third kappa shape index (κ3) is 5.15. The summed E-state index contributed by atoms with van der Waals surface area (Å²) in [7, 11) is 1.65. The number of piperidine rings is 1. The lowest BCUT2D eigenvalue weighted by molar-refractivity contribution is 0.252. The molecule has 1 saturated heterocycles. The predicted molar refractivity (Wildman–Crippen MR) is 106 cm³/mol. The van der Waals surface area contributed by atoms with Crippen LogP contribution in [0, 0.1) is 0 Å². The van der Waals surface area contributed by atoms with Crippen molar-refractivity contribution in [2.45, 2.75) is 25.7 Å². The number of ether oxygens (including phenoxy) is 1. The molecule has 1 heterocycles. The van der Waals surface area contributed by atoms with Gasteiger partial charge in [-0.1, -0.05) is 18.2 Å². The fraction of sp³-hybridized carbons (Fsp3) is 0.381. The summed E-state index contributed by atoms with van der Waals surface area (Å²) < 4.78 is 5.15. The molecule has 26 heavy (non-hydrogen) atoms. The van der Waals surface area contributed by atoms with E-state index >= 15 is 0 Å². The highest BCUT2D eigenvalue weighted by Crippen LogP contribution is 2.23. The maximum absolute atomic E-state index is 12.1. The lowest BCUT2D eigenvalue weighted by Gasteiger charge is -2.29. The summed E-state index contributed by atoms with van der Waals surface area (Å²) in [6.07, 6.45) is 4.57. The van der Waals surface area contributed by atoms with Crippen molar-refractivity contribution in [2.24, 2.45) is 0 Å². The lowest BCUT2D eigenvalue weighted by Crippen LogP contribution is -2.31. The summed E-state index contributed by atoms with van der Waals surface area (Å²) in [5.41, 5.74) is 3.17. The van der Waals surface area contributed by atoms with Crippen LogP contribution in [0.1, 0.15) is 24.8 Å². The topological polar surface area (TPSA) is 53.6 Å². The monoisotopic (exact) mass is 353 g/mol. The third-order valence-corrected chi connectivity index (χ3v) is 4.68. The predicted octanol–water partition coefficient (Wildman–Crippen LogP) is 4.05. The van der Waals surface area contributed by atoms with Gasteiger partial charge in [0, 0.05) is 31.0 Å². The number of benzene rings is 2. The Hall–Kier alpha value is -2.69. The van der Waals surface area contributed by atoms with Gasteiger partial charge in [0.1, 0.15) is 5.75 Å². The summed E-state index contributed by atoms with van der Waals surface area (Å²) in [5, 5.41) is 5.84. The first kappa shape index (κ1) is 18.1. The molecule has 1 fully saturated rings. The molecule has 1 aliphatic rings. The number of anilines is 2. The van der Waals surface area contributed by atoms with Crippen LogP contribution in [-0.4, -0.2) is 32.8 Å². The molecule has 2 aromatic rings. The highest BCUT2D eigenvalue weighted by molar-refractivity contribution is 5.89. The van der Waals surface area contributed by atoms with Crippen LogP contribution in [0.5, 0.6) is 5.75 Å². The lowest BCUT2D eigenvalue weighted by atomic mass is 10.1. The first-order chi connectivity index (χ1) is 12.7. The van der Waals surface area contributed by atoms with Crippen LogP contribution in [0.3, 0.4) is 0 Å². The minimum Gasteiger partial charge on any atom is -0.497 e. The Morgan fingerprint density at radius 3 is 2.58 bits per heavy atom. The maximum Gasteiger partial charge on any atom is 0.319 e. The van der Waals surface area contributed by atoms with E-state index in [1.54, 1.807) is 7.11 Å². The van der Waals surface area contributed by atoms with E-state index in [0.29, 0.717) is 6.54 Å². The van der Waals surface area contributed by atoms with Crippen molar-refractivity contribution in [1.29, 1.82) is 0 Å². The van der Waals surface area contributed by atoms with Gasteiger partial charge in [-0.15, -0.1) is 0 Å². The molecule has 2 N–H and O–H groups in total. The second-order valence-corrected chi connectivity index (χ2v) is 6.58. The zero-order valence-corrected chi connectivity index (χ0v) is 15.3. The van der Waals surface area contributed by atoms with Crippen LogP contribution in [0.2, 0.25) is 0 Å². The first-order valence-electron chi connectivity index (χ1n) is 9.27. The second-order valence-electron chi connectivity index (χ2n) is 6.58. The van der Waals surface area contributed by atoms with E-state index in [1.807, 2.05) is 42.5 Å². The number of urea groups is 1. The highest BCUT2D eigenvalue weighted by Gasteiger charge is 2.11. The van der Waals surface area contributed by atoms with Gasteiger partial charge in [0.25, 0.3) is 0 Å².